The second kappa shape index (κ2) is 4.39. The van der Waals surface area contributed by atoms with Gasteiger partial charge in [0.25, 0.3) is 0 Å². The van der Waals surface area contributed by atoms with Gasteiger partial charge in [0.05, 0.1) is 4.90 Å². The fourth-order valence-electron chi connectivity index (χ4n) is 1.17. The summed E-state index contributed by atoms with van der Waals surface area (Å²) in [5, 5.41) is 0. The van der Waals surface area contributed by atoms with E-state index in [-0.39, 0.29) is 16.1 Å². The number of anilines is 1. The number of rotatable bonds is 3. The van der Waals surface area contributed by atoms with Crippen molar-refractivity contribution in [3.05, 3.63) is 23.5 Å². The molecule has 0 fully saturated rings. The normalized spacial score (nSPS) is 12.1. The molecular weight excluding hydrogens is 231 g/mol. The number of sulfonamides is 1. The third-order valence-corrected chi connectivity index (χ3v) is 4.42. The molecule has 16 heavy (non-hydrogen) atoms. The minimum absolute atomic E-state index is 0.113. The van der Waals surface area contributed by atoms with Gasteiger partial charge in [0.2, 0.25) is 10.0 Å². The highest BCUT2D eigenvalue weighted by atomic mass is 32.2. The number of nitrogen functional groups attached to an aromatic ring is 1. The molecule has 0 aliphatic rings. The summed E-state index contributed by atoms with van der Waals surface area (Å²) in [7, 11) is -2.20. The molecule has 0 aliphatic heterocycles. The number of hydrogen-bond donors (Lipinski definition) is 1. The summed E-state index contributed by atoms with van der Waals surface area (Å²) in [6, 6.07) is 2.27. The van der Waals surface area contributed by atoms with Gasteiger partial charge in [-0.25, -0.2) is 17.1 Å². The fraction of sp³-hybridized carbons (Fsp3) is 0.400. The zero-order chi connectivity index (χ0) is 12.5. The minimum Gasteiger partial charge on any atom is -0.398 e. The summed E-state index contributed by atoms with van der Waals surface area (Å²) in [5.41, 5.74) is 5.94. The zero-order valence-corrected chi connectivity index (χ0v) is 10.3. The second-order valence-corrected chi connectivity index (χ2v) is 5.58. The molecule has 0 unspecified atom stereocenters. The quantitative estimate of drug-likeness (QED) is 0.819. The standard InChI is InChI=1S/C10H15FN2O2S/c1-4-13(3)16(14,15)8-5-9(11)7(2)10(12)6-8/h5-6H,4,12H2,1-3H3. The van der Waals surface area contributed by atoms with Crippen molar-refractivity contribution in [1.29, 1.82) is 0 Å². The summed E-state index contributed by atoms with van der Waals surface area (Å²) in [6.45, 7) is 3.52. The van der Waals surface area contributed by atoms with Gasteiger partial charge < -0.3 is 5.73 Å². The van der Waals surface area contributed by atoms with Crippen LogP contribution in [0.15, 0.2) is 17.0 Å². The first-order chi connectivity index (χ1) is 7.30. The van der Waals surface area contributed by atoms with Gasteiger partial charge in [-0.3, -0.25) is 0 Å². The number of nitrogens with two attached hydrogens (primary N) is 1. The average molecular weight is 246 g/mol. The Morgan fingerprint density at radius 3 is 2.44 bits per heavy atom. The van der Waals surface area contributed by atoms with Crippen LogP contribution in [0.3, 0.4) is 0 Å². The molecule has 1 aromatic carbocycles. The number of benzene rings is 1. The molecule has 1 aromatic rings. The van der Waals surface area contributed by atoms with E-state index in [1.54, 1.807) is 6.92 Å². The van der Waals surface area contributed by atoms with E-state index in [1.807, 2.05) is 0 Å². The fourth-order valence-corrected chi connectivity index (χ4v) is 2.40. The van der Waals surface area contributed by atoms with Gasteiger partial charge in [0.15, 0.2) is 0 Å². The molecule has 1 rings (SSSR count). The molecule has 4 nitrogen and oxygen atoms in total. The van der Waals surface area contributed by atoms with Crippen LogP contribution in [0.2, 0.25) is 0 Å². The highest BCUT2D eigenvalue weighted by Crippen LogP contribution is 2.22. The molecule has 0 bridgehead atoms. The van der Waals surface area contributed by atoms with Crippen LogP contribution in [0.5, 0.6) is 0 Å². The number of hydrogen-bond acceptors (Lipinski definition) is 3. The van der Waals surface area contributed by atoms with Crippen LogP contribution in [0, 0.1) is 12.7 Å². The van der Waals surface area contributed by atoms with Gasteiger partial charge in [0, 0.05) is 24.8 Å². The van der Waals surface area contributed by atoms with Gasteiger partial charge in [0.1, 0.15) is 5.82 Å². The third-order valence-electron chi connectivity index (χ3n) is 2.51. The Balaban J connectivity index is 3.36. The van der Waals surface area contributed by atoms with Crippen LogP contribution >= 0.6 is 0 Å². The van der Waals surface area contributed by atoms with E-state index < -0.39 is 15.8 Å². The molecule has 6 heteroatoms. The predicted molar refractivity (Wildman–Crippen MR) is 61.0 cm³/mol. The highest BCUT2D eigenvalue weighted by Gasteiger charge is 2.21. The van der Waals surface area contributed by atoms with Crippen LogP contribution in [-0.2, 0) is 10.0 Å². The lowest BCUT2D eigenvalue weighted by molar-refractivity contribution is 0.485. The molecule has 2 N–H and O–H groups in total. The molecular formula is C10H15FN2O2S. The van der Waals surface area contributed by atoms with Crippen molar-refractivity contribution in [2.24, 2.45) is 0 Å². The third kappa shape index (κ3) is 2.17. The minimum atomic E-state index is -3.64. The molecule has 0 aromatic heterocycles. The predicted octanol–water partition coefficient (Wildman–Crippen LogP) is 1.36. The SMILES string of the molecule is CCN(C)S(=O)(=O)c1cc(N)c(C)c(F)c1. The Morgan fingerprint density at radius 1 is 1.44 bits per heavy atom. The van der Waals surface area contributed by atoms with Gasteiger partial charge in [-0.15, -0.1) is 0 Å². The van der Waals surface area contributed by atoms with Crippen molar-refractivity contribution in [2.45, 2.75) is 18.7 Å². The van der Waals surface area contributed by atoms with Gasteiger partial charge in [-0.2, -0.15) is 0 Å². The van der Waals surface area contributed by atoms with Crippen LogP contribution in [-0.4, -0.2) is 26.3 Å². The summed E-state index contributed by atoms with van der Waals surface area (Å²) >= 11 is 0. The molecule has 0 saturated heterocycles. The second-order valence-electron chi connectivity index (χ2n) is 3.54. The maximum atomic E-state index is 13.4. The molecule has 0 atom stereocenters. The maximum Gasteiger partial charge on any atom is 0.242 e. The van der Waals surface area contributed by atoms with E-state index in [4.69, 9.17) is 5.73 Å². The maximum absolute atomic E-state index is 13.4. The van der Waals surface area contributed by atoms with Crippen molar-refractivity contribution in [1.82, 2.24) is 4.31 Å². The smallest absolute Gasteiger partial charge is 0.242 e. The molecule has 0 spiro atoms. The first-order valence-corrected chi connectivity index (χ1v) is 6.26. The van der Waals surface area contributed by atoms with Gasteiger partial charge in [-0.05, 0) is 19.1 Å². The molecule has 0 heterocycles. The Labute approximate surface area is 94.9 Å². The summed E-state index contributed by atoms with van der Waals surface area (Å²) in [4.78, 5) is -0.113. The highest BCUT2D eigenvalue weighted by molar-refractivity contribution is 7.89. The first-order valence-electron chi connectivity index (χ1n) is 4.82. The topological polar surface area (TPSA) is 63.4 Å². The summed E-state index contributed by atoms with van der Waals surface area (Å²) < 4.78 is 38.3. The first kappa shape index (κ1) is 12.9. The van der Waals surface area contributed by atoms with Gasteiger partial charge >= 0.3 is 0 Å². The van der Waals surface area contributed by atoms with Crippen molar-refractivity contribution in [2.75, 3.05) is 19.3 Å². The molecule has 0 saturated carbocycles. The van der Waals surface area contributed by atoms with E-state index in [9.17, 15) is 12.8 Å². The van der Waals surface area contributed by atoms with E-state index in [2.05, 4.69) is 0 Å². The summed E-state index contributed by atoms with van der Waals surface area (Å²) in [5.74, 6) is -0.608. The van der Waals surface area contributed by atoms with E-state index in [0.29, 0.717) is 6.54 Å². The van der Waals surface area contributed by atoms with Crippen molar-refractivity contribution < 1.29 is 12.8 Å². The lowest BCUT2D eigenvalue weighted by atomic mass is 10.2. The lowest BCUT2D eigenvalue weighted by Crippen LogP contribution is -2.26. The Kier molecular flexibility index (Phi) is 3.54. The Hall–Kier alpha value is -1.14. The molecule has 0 amide bonds. The van der Waals surface area contributed by atoms with Crippen molar-refractivity contribution in [3.8, 4) is 0 Å². The van der Waals surface area contributed by atoms with Crippen LogP contribution in [0.4, 0.5) is 10.1 Å². The number of halogens is 1. The average Bonchev–Trinajstić information content (AvgIpc) is 2.23. The van der Waals surface area contributed by atoms with Crippen LogP contribution in [0.1, 0.15) is 12.5 Å². The monoisotopic (exact) mass is 246 g/mol. The van der Waals surface area contributed by atoms with Gasteiger partial charge in [-0.1, -0.05) is 6.92 Å². The molecule has 90 valence electrons. The van der Waals surface area contributed by atoms with Crippen molar-refractivity contribution in [3.63, 3.8) is 0 Å². The zero-order valence-electron chi connectivity index (χ0n) is 9.49. The van der Waals surface area contributed by atoms with E-state index in [0.717, 1.165) is 10.4 Å². The van der Waals surface area contributed by atoms with E-state index >= 15 is 0 Å². The van der Waals surface area contributed by atoms with Crippen LogP contribution in [0.25, 0.3) is 0 Å². The van der Waals surface area contributed by atoms with Crippen LogP contribution < -0.4 is 5.73 Å². The lowest BCUT2D eigenvalue weighted by Gasteiger charge is -2.15. The Morgan fingerprint density at radius 2 is 2.00 bits per heavy atom. The van der Waals surface area contributed by atoms with E-state index in [1.165, 1.54) is 20.0 Å². The Bertz CT molecular complexity index is 477. The largest absolute Gasteiger partial charge is 0.398 e. The molecule has 0 aliphatic carbocycles. The summed E-state index contributed by atoms with van der Waals surface area (Å²) in [6.07, 6.45) is 0. The number of nitrogens with zero attached hydrogens (tertiary/aromatic N) is 1. The van der Waals surface area contributed by atoms with Crippen molar-refractivity contribution >= 4 is 15.7 Å². The molecule has 0 radical (unpaired) electrons.